The van der Waals surface area contributed by atoms with Crippen LogP contribution in [0, 0.1) is 0 Å². The highest BCUT2D eigenvalue weighted by Gasteiger charge is 2.36. The van der Waals surface area contributed by atoms with Gasteiger partial charge in [0.25, 0.3) is 5.91 Å². The van der Waals surface area contributed by atoms with Gasteiger partial charge in [0.15, 0.2) is 11.5 Å². The molecule has 1 heterocycles. The standard InChI is InChI=1S/C14H16BrNO5/c1-14(2,13(18)19)16(3)12(17)8-6-9(15)11-10(7-8)20-4-5-21-11/h6-7H,4-5H2,1-3H3,(H,18,19). The van der Waals surface area contributed by atoms with E-state index in [0.717, 1.165) is 0 Å². The molecule has 1 amide bonds. The van der Waals surface area contributed by atoms with Gasteiger partial charge in [0, 0.05) is 12.6 Å². The van der Waals surface area contributed by atoms with Crippen LogP contribution in [0.3, 0.4) is 0 Å². The average molecular weight is 358 g/mol. The first kappa shape index (κ1) is 15.6. The van der Waals surface area contributed by atoms with Crippen molar-refractivity contribution in [2.24, 2.45) is 0 Å². The van der Waals surface area contributed by atoms with Crippen molar-refractivity contribution in [3.05, 3.63) is 22.2 Å². The second kappa shape index (κ2) is 5.55. The molecule has 0 spiro atoms. The van der Waals surface area contributed by atoms with Gasteiger partial charge in [0.05, 0.1) is 4.47 Å². The van der Waals surface area contributed by atoms with Crippen molar-refractivity contribution in [2.75, 3.05) is 20.3 Å². The number of amides is 1. The molecule has 6 nitrogen and oxygen atoms in total. The molecule has 0 aliphatic carbocycles. The maximum atomic E-state index is 12.5. The lowest BCUT2D eigenvalue weighted by atomic mass is 10.0. The number of nitrogens with zero attached hydrogens (tertiary/aromatic N) is 1. The SMILES string of the molecule is CN(C(=O)c1cc(Br)c2c(c1)OCCO2)C(C)(C)C(=O)O. The summed E-state index contributed by atoms with van der Waals surface area (Å²) >= 11 is 3.34. The van der Waals surface area contributed by atoms with E-state index in [9.17, 15) is 14.7 Å². The molecule has 0 bridgehead atoms. The molecule has 0 aromatic heterocycles. The Labute approximate surface area is 130 Å². The van der Waals surface area contributed by atoms with Crippen LogP contribution in [0.1, 0.15) is 24.2 Å². The number of likely N-dealkylation sites (N-methyl/N-ethyl adjacent to an activating group) is 1. The minimum absolute atomic E-state index is 0.336. The first-order valence-electron chi connectivity index (χ1n) is 6.36. The van der Waals surface area contributed by atoms with Crippen LogP contribution in [0.5, 0.6) is 11.5 Å². The summed E-state index contributed by atoms with van der Waals surface area (Å²) in [5, 5.41) is 9.21. The number of aliphatic carboxylic acids is 1. The van der Waals surface area contributed by atoms with E-state index in [4.69, 9.17) is 9.47 Å². The van der Waals surface area contributed by atoms with Crippen LogP contribution in [0.4, 0.5) is 0 Å². The van der Waals surface area contributed by atoms with Gasteiger partial charge in [0.1, 0.15) is 18.8 Å². The molecule has 21 heavy (non-hydrogen) atoms. The predicted octanol–water partition coefficient (Wildman–Crippen LogP) is 2.16. The van der Waals surface area contributed by atoms with Gasteiger partial charge in [0.2, 0.25) is 0 Å². The quantitative estimate of drug-likeness (QED) is 0.896. The highest BCUT2D eigenvalue weighted by atomic mass is 79.9. The summed E-state index contributed by atoms with van der Waals surface area (Å²) in [6.45, 7) is 3.80. The Morgan fingerprint density at radius 2 is 1.90 bits per heavy atom. The lowest BCUT2D eigenvalue weighted by Gasteiger charge is -2.32. The molecular weight excluding hydrogens is 342 g/mol. The first-order valence-corrected chi connectivity index (χ1v) is 7.15. The summed E-state index contributed by atoms with van der Waals surface area (Å²) in [4.78, 5) is 24.9. The van der Waals surface area contributed by atoms with E-state index in [1.807, 2.05) is 0 Å². The smallest absolute Gasteiger partial charge is 0.329 e. The average Bonchev–Trinajstić information content (AvgIpc) is 2.45. The third-order valence-corrected chi connectivity index (χ3v) is 4.10. The molecule has 0 radical (unpaired) electrons. The maximum absolute atomic E-state index is 12.5. The van der Waals surface area contributed by atoms with E-state index in [-0.39, 0.29) is 0 Å². The maximum Gasteiger partial charge on any atom is 0.329 e. The van der Waals surface area contributed by atoms with Crippen LogP contribution in [0.2, 0.25) is 0 Å². The second-order valence-corrected chi connectivity index (χ2v) is 6.06. The number of carboxylic acids is 1. The lowest BCUT2D eigenvalue weighted by molar-refractivity contribution is -0.147. The van der Waals surface area contributed by atoms with Gasteiger partial charge in [-0.05, 0) is 41.9 Å². The molecule has 1 aliphatic heterocycles. The molecule has 0 fully saturated rings. The zero-order chi connectivity index (χ0) is 15.8. The van der Waals surface area contributed by atoms with Crippen molar-refractivity contribution in [2.45, 2.75) is 19.4 Å². The van der Waals surface area contributed by atoms with Crippen LogP contribution < -0.4 is 9.47 Å². The van der Waals surface area contributed by atoms with E-state index in [1.54, 1.807) is 12.1 Å². The van der Waals surface area contributed by atoms with E-state index in [2.05, 4.69) is 15.9 Å². The number of benzene rings is 1. The van der Waals surface area contributed by atoms with Gasteiger partial charge in [-0.2, -0.15) is 0 Å². The molecule has 0 unspecified atom stereocenters. The predicted molar refractivity (Wildman–Crippen MR) is 78.9 cm³/mol. The molecular formula is C14H16BrNO5. The van der Waals surface area contributed by atoms with Crippen molar-refractivity contribution < 1.29 is 24.2 Å². The molecule has 1 aromatic rings. The number of carboxylic acid groups (broad SMARTS) is 1. The van der Waals surface area contributed by atoms with Crippen molar-refractivity contribution in [1.29, 1.82) is 0 Å². The van der Waals surface area contributed by atoms with Gasteiger partial charge >= 0.3 is 5.97 Å². The minimum atomic E-state index is -1.31. The number of ether oxygens (including phenoxy) is 2. The number of carbonyl (C=O) groups excluding carboxylic acids is 1. The summed E-state index contributed by atoms with van der Waals surface area (Å²) < 4.78 is 11.5. The van der Waals surface area contributed by atoms with E-state index in [1.165, 1.54) is 25.8 Å². The minimum Gasteiger partial charge on any atom is -0.486 e. The Bertz CT molecular complexity index is 599. The van der Waals surface area contributed by atoms with Crippen LogP contribution in [0.15, 0.2) is 16.6 Å². The molecule has 1 N–H and O–H groups in total. The highest BCUT2D eigenvalue weighted by Crippen LogP contribution is 2.39. The Morgan fingerprint density at radius 1 is 1.29 bits per heavy atom. The topological polar surface area (TPSA) is 76.1 Å². The Morgan fingerprint density at radius 3 is 2.52 bits per heavy atom. The molecule has 1 aromatic carbocycles. The van der Waals surface area contributed by atoms with E-state index in [0.29, 0.717) is 34.7 Å². The fraction of sp³-hybridized carbons (Fsp3) is 0.429. The first-order chi connectivity index (χ1) is 9.75. The third kappa shape index (κ3) is 2.83. The molecule has 7 heteroatoms. The zero-order valence-corrected chi connectivity index (χ0v) is 13.6. The molecule has 1 aliphatic rings. The second-order valence-electron chi connectivity index (χ2n) is 5.21. The number of carbonyl (C=O) groups is 2. The van der Waals surface area contributed by atoms with Gasteiger partial charge in [-0.1, -0.05) is 0 Å². The largest absolute Gasteiger partial charge is 0.486 e. The summed E-state index contributed by atoms with van der Waals surface area (Å²) in [6, 6.07) is 3.17. The zero-order valence-electron chi connectivity index (χ0n) is 12.0. The van der Waals surface area contributed by atoms with Gasteiger partial charge < -0.3 is 19.5 Å². The summed E-state index contributed by atoms with van der Waals surface area (Å²) in [5.41, 5.74) is -0.973. The van der Waals surface area contributed by atoms with Gasteiger partial charge in [-0.3, -0.25) is 4.79 Å². The molecule has 114 valence electrons. The van der Waals surface area contributed by atoms with Gasteiger partial charge in [-0.25, -0.2) is 4.79 Å². The normalized spacial score (nSPS) is 13.7. The van der Waals surface area contributed by atoms with Crippen LogP contribution in [0.25, 0.3) is 0 Å². The molecule has 0 atom stereocenters. The number of fused-ring (bicyclic) bond motifs is 1. The number of hydrogen-bond acceptors (Lipinski definition) is 4. The Kier molecular flexibility index (Phi) is 4.13. The monoisotopic (exact) mass is 357 g/mol. The van der Waals surface area contributed by atoms with Crippen molar-refractivity contribution in [3.8, 4) is 11.5 Å². The number of rotatable bonds is 3. The van der Waals surface area contributed by atoms with Crippen molar-refractivity contribution >= 4 is 27.8 Å². The van der Waals surface area contributed by atoms with Gasteiger partial charge in [-0.15, -0.1) is 0 Å². The number of halogens is 1. The Balaban J connectivity index is 2.36. The van der Waals surface area contributed by atoms with E-state index >= 15 is 0 Å². The molecule has 2 rings (SSSR count). The van der Waals surface area contributed by atoms with Crippen LogP contribution in [-0.2, 0) is 4.79 Å². The summed E-state index contributed by atoms with van der Waals surface area (Å²) in [6.07, 6.45) is 0. The van der Waals surface area contributed by atoms with Crippen molar-refractivity contribution in [1.82, 2.24) is 4.90 Å². The summed E-state index contributed by atoms with van der Waals surface area (Å²) in [7, 11) is 1.46. The molecule has 0 saturated carbocycles. The van der Waals surface area contributed by atoms with Crippen molar-refractivity contribution in [3.63, 3.8) is 0 Å². The van der Waals surface area contributed by atoms with Crippen LogP contribution in [-0.4, -0.2) is 47.7 Å². The van der Waals surface area contributed by atoms with E-state index < -0.39 is 17.4 Å². The Hall–Kier alpha value is -1.76. The number of hydrogen-bond donors (Lipinski definition) is 1. The summed E-state index contributed by atoms with van der Waals surface area (Å²) in [5.74, 6) is -0.450. The third-order valence-electron chi connectivity index (χ3n) is 3.51. The lowest BCUT2D eigenvalue weighted by Crippen LogP contribution is -2.50. The van der Waals surface area contributed by atoms with Crippen LogP contribution >= 0.6 is 15.9 Å². The molecule has 0 saturated heterocycles. The fourth-order valence-electron chi connectivity index (χ4n) is 1.83. The fourth-order valence-corrected chi connectivity index (χ4v) is 2.38. The highest BCUT2D eigenvalue weighted by molar-refractivity contribution is 9.10.